The van der Waals surface area contributed by atoms with Crippen molar-refractivity contribution in [3.8, 4) is 0 Å². The molecule has 0 unspecified atom stereocenters. The van der Waals surface area contributed by atoms with Crippen molar-refractivity contribution < 1.29 is 0 Å². The van der Waals surface area contributed by atoms with E-state index in [4.69, 9.17) is 0 Å². The van der Waals surface area contributed by atoms with Gasteiger partial charge in [-0.05, 0) is 52.2 Å². The minimum absolute atomic E-state index is 0.480. The number of aromatic nitrogens is 3. The molecule has 25 heavy (non-hydrogen) atoms. The number of nitrogens with zero attached hydrogens (tertiary/aromatic N) is 5. The van der Waals surface area contributed by atoms with Crippen molar-refractivity contribution in [1.82, 2.24) is 24.6 Å². The quantitative estimate of drug-likeness (QED) is 0.793. The summed E-state index contributed by atoms with van der Waals surface area (Å²) in [7, 11) is 6.52. The average molecular weight is 360 g/mol. The molecule has 0 aromatic carbocycles. The SMILES string of the molecule is CN(Cc1cnc(C2CC2)s1)C[C@@H]1CCCN(C)[C@H]1c1cnn(C)c1. The highest BCUT2D eigenvalue weighted by Crippen LogP contribution is 2.42. The van der Waals surface area contributed by atoms with Crippen molar-refractivity contribution in [3.05, 3.63) is 34.0 Å². The molecule has 3 heterocycles. The van der Waals surface area contributed by atoms with Crippen molar-refractivity contribution >= 4 is 11.3 Å². The summed E-state index contributed by atoms with van der Waals surface area (Å²) >= 11 is 1.92. The van der Waals surface area contributed by atoms with Gasteiger partial charge in [0.15, 0.2) is 0 Å². The molecule has 0 spiro atoms. The minimum Gasteiger partial charge on any atom is -0.301 e. The summed E-state index contributed by atoms with van der Waals surface area (Å²) in [5.74, 6) is 1.43. The molecule has 2 atom stereocenters. The standard InChI is InChI=1S/C19H29N5S/c1-22(13-17-10-20-19(25-17)14-6-7-14)11-15-5-4-8-23(2)18(15)16-9-21-24(3)12-16/h9-10,12,14-15,18H,4-8,11,13H2,1-3H3/t15-,18+/m0/s1. The summed E-state index contributed by atoms with van der Waals surface area (Å²) in [5, 5.41) is 5.76. The predicted molar refractivity (Wildman–Crippen MR) is 102 cm³/mol. The van der Waals surface area contributed by atoms with Gasteiger partial charge in [0.2, 0.25) is 0 Å². The number of aryl methyl sites for hydroxylation is 1. The third-order valence-electron chi connectivity index (χ3n) is 5.54. The molecule has 0 N–H and O–H groups in total. The van der Waals surface area contributed by atoms with Crippen molar-refractivity contribution in [2.45, 2.75) is 44.2 Å². The van der Waals surface area contributed by atoms with E-state index in [1.807, 2.05) is 29.3 Å². The second-order valence-electron chi connectivity index (χ2n) is 7.91. The van der Waals surface area contributed by atoms with E-state index in [1.54, 1.807) is 0 Å². The van der Waals surface area contributed by atoms with E-state index in [2.05, 4.69) is 46.4 Å². The molecule has 2 aromatic heterocycles. The van der Waals surface area contributed by atoms with Crippen LogP contribution < -0.4 is 0 Å². The highest BCUT2D eigenvalue weighted by Gasteiger charge is 2.32. The van der Waals surface area contributed by atoms with E-state index in [0.29, 0.717) is 12.0 Å². The fourth-order valence-electron chi connectivity index (χ4n) is 4.22. The molecule has 1 aliphatic carbocycles. The van der Waals surface area contributed by atoms with Crippen molar-refractivity contribution in [2.24, 2.45) is 13.0 Å². The topological polar surface area (TPSA) is 37.2 Å². The first-order valence-electron chi connectivity index (χ1n) is 9.42. The lowest BCUT2D eigenvalue weighted by atomic mass is 9.86. The summed E-state index contributed by atoms with van der Waals surface area (Å²) in [6.45, 7) is 3.32. The Labute approximate surface area is 154 Å². The first-order chi connectivity index (χ1) is 12.1. The van der Waals surface area contributed by atoms with E-state index in [0.717, 1.165) is 19.0 Å². The molecule has 2 fully saturated rings. The van der Waals surface area contributed by atoms with Gasteiger partial charge in [-0.1, -0.05) is 0 Å². The molecular formula is C19H29N5S. The Kier molecular flexibility index (Phi) is 4.93. The second kappa shape index (κ2) is 7.17. The van der Waals surface area contributed by atoms with Crippen LogP contribution in [0.3, 0.4) is 0 Å². The van der Waals surface area contributed by atoms with Crippen LogP contribution in [0.4, 0.5) is 0 Å². The van der Waals surface area contributed by atoms with Crippen LogP contribution >= 0.6 is 11.3 Å². The Bertz CT molecular complexity index is 704. The molecule has 136 valence electrons. The lowest BCUT2D eigenvalue weighted by Crippen LogP contribution is -2.40. The van der Waals surface area contributed by atoms with Gasteiger partial charge in [0.1, 0.15) is 0 Å². The second-order valence-corrected chi connectivity index (χ2v) is 9.06. The minimum atomic E-state index is 0.480. The van der Waals surface area contributed by atoms with Gasteiger partial charge in [-0.2, -0.15) is 5.10 Å². The van der Waals surface area contributed by atoms with Crippen LogP contribution in [-0.4, -0.2) is 51.7 Å². The normalized spacial score (nSPS) is 25.0. The fraction of sp³-hybridized carbons (Fsp3) is 0.684. The maximum Gasteiger partial charge on any atom is 0.0959 e. The number of likely N-dealkylation sites (tertiary alicyclic amines) is 1. The molecule has 0 bridgehead atoms. The molecule has 2 aliphatic rings. The number of piperidine rings is 1. The third-order valence-corrected chi connectivity index (χ3v) is 6.69. The van der Waals surface area contributed by atoms with Gasteiger partial charge in [-0.3, -0.25) is 9.58 Å². The first kappa shape index (κ1) is 17.2. The lowest BCUT2D eigenvalue weighted by molar-refractivity contribution is 0.0928. The number of hydrogen-bond acceptors (Lipinski definition) is 5. The molecule has 1 saturated carbocycles. The first-order valence-corrected chi connectivity index (χ1v) is 10.2. The zero-order valence-corrected chi connectivity index (χ0v) is 16.4. The van der Waals surface area contributed by atoms with Gasteiger partial charge < -0.3 is 4.90 Å². The van der Waals surface area contributed by atoms with E-state index in [9.17, 15) is 0 Å². The highest BCUT2D eigenvalue weighted by molar-refractivity contribution is 7.11. The van der Waals surface area contributed by atoms with Gasteiger partial charge in [0.25, 0.3) is 0 Å². The summed E-state index contributed by atoms with van der Waals surface area (Å²) in [4.78, 5) is 11.0. The zero-order chi connectivity index (χ0) is 17.4. The van der Waals surface area contributed by atoms with Crippen LogP contribution in [0.25, 0.3) is 0 Å². The van der Waals surface area contributed by atoms with Crippen LogP contribution in [0.1, 0.15) is 53.1 Å². The highest BCUT2D eigenvalue weighted by atomic mass is 32.1. The summed E-state index contributed by atoms with van der Waals surface area (Å²) in [6.07, 6.45) is 11.6. The van der Waals surface area contributed by atoms with Crippen LogP contribution in [0.15, 0.2) is 18.6 Å². The average Bonchev–Trinajstić information content (AvgIpc) is 3.18. The Hall–Kier alpha value is -1.24. The number of thiazole rings is 1. The Balaban J connectivity index is 1.41. The summed E-state index contributed by atoms with van der Waals surface area (Å²) < 4.78 is 1.93. The maximum atomic E-state index is 4.63. The van der Waals surface area contributed by atoms with E-state index >= 15 is 0 Å². The summed E-state index contributed by atoms with van der Waals surface area (Å²) in [5.41, 5.74) is 1.36. The Morgan fingerprint density at radius 1 is 1.24 bits per heavy atom. The van der Waals surface area contributed by atoms with Crippen LogP contribution in [0.2, 0.25) is 0 Å². The van der Waals surface area contributed by atoms with Gasteiger partial charge in [-0.25, -0.2) is 4.98 Å². The van der Waals surface area contributed by atoms with Gasteiger partial charge in [0.05, 0.1) is 11.2 Å². The van der Waals surface area contributed by atoms with Crippen molar-refractivity contribution in [3.63, 3.8) is 0 Å². The molecule has 2 aromatic rings. The van der Waals surface area contributed by atoms with E-state index in [-0.39, 0.29) is 0 Å². The summed E-state index contributed by atoms with van der Waals surface area (Å²) in [6, 6.07) is 0.480. The molecule has 1 aliphatic heterocycles. The lowest BCUT2D eigenvalue weighted by Gasteiger charge is -2.40. The van der Waals surface area contributed by atoms with Gasteiger partial charge in [0, 0.05) is 54.9 Å². The Morgan fingerprint density at radius 2 is 2.08 bits per heavy atom. The molecule has 0 amide bonds. The van der Waals surface area contributed by atoms with Gasteiger partial charge >= 0.3 is 0 Å². The predicted octanol–water partition coefficient (Wildman–Crippen LogP) is 3.27. The Morgan fingerprint density at radius 3 is 2.80 bits per heavy atom. The number of rotatable bonds is 6. The zero-order valence-electron chi connectivity index (χ0n) is 15.6. The van der Waals surface area contributed by atoms with Crippen molar-refractivity contribution in [2.75, 3.05) is 27.2 Å². The number of hydrogen-bond donors (Lipinski definition) is 0. The van der Waals surface area contributed by atoms with Gasteiger partial charge in [-0.15, -0.1) is 11.3 Å². The van der Waals surface area contributed by atoms with Crippen molar-refractivity contribution in [1.29, 1.82) is 0 Å². The van der Waals surface area contributed by atoms with Crippen LogP contribution in [0.5, 0.6) is 0 Å². The molecule has 0 radical (unpaired) electrons. The third kappa shape index (κ3) is 3.96. The molecule has 1 saturated heterocycles. The largest absolute Gasteiger partial charge is 0.301 e. The van der Waals surface area contributed by atoms with E-state index < -0.39 is 0 Å². The monoisotopic (exact) mass is 359 g/mol. The maximum absolute atomic E-state index is 4.63. The van der Waals surface area contributed by atoms with E-state index in [1.165, 1.54) is 47.7 Å². The molecule has 6 heteroatoms. The molecule has 5 nitrogen and oxygen atoms in total. The van der Waals surface area contributed by atoms with Crippen LogP contribution in [0, 0.1) is 5.92 Å². The molecular weight excluding hydrogens is 330 g/mol. The molecule has 4 rings (SSSR count). The smallest absolute Gasteiger partial charge is 0.0959 e. The fourth-order valence-corrected chi connectivity index (χ4v) is 5.38. The van der Waals surface area contributed by atoms with Crippen LogP contribution in [-0.2, 0) is 13.6 Å².